The van der Waals surface area contributed by atoms with Crippen LogP contribution in [0.3, 0.4) is 0 Å². The Balaban J connectivity index is 2.01. The van der Waals surface area contributed by atoms with Gasteiger partial charge in [-0.2, -0.15) is 0 Å². The van der Waals surface area contributed by atoms with E-state index in [4.69, 9.17) is 80.6 Å². The lowest BCUT2D eigenvalue weighted by Crippen LogP contribution is -2.15. The first-order chi connectivity index (χ1) is 32.1. The maximum Gasteiger partial charge on any atom is 0.261 e. The molecule has 68 heavy (non-hydrogen) atoms. The number of benzene rings is 4. The van der Waals surface area contributed by atoms with E-state index in [1.807, 2.05) is 0 Å². The van der Waals surface area contributed by atoms with Crippen molar-refractivity contribution in [3.8, 4) is 23.0 Å². The zero-order chi connectivity index (χ0) is 49.9. The third-order valence-electron chi connectivity index (χ3n) is 10.2. The Labute approximate surface area is 416 Å². The zero-order valence-corrected chi connectivity index (χ0v) is 43.9. The Kier molecular flexibility index (Phi) is 20.4. The average molecular weight is 1110 g/mol. The molecule has 24 heteroatoms. The minimum atomic E-state index is -4.51. The molecule has 0 fully saturated rings. The lowest BCUT2D eigenvalue weighted by Gasteiger charge is -2.24. The van der Waals surface area contributed by atoms with Crippen LogP contribution in [0.2, 0.25) is 0 Å². The molecule has 0 aromatic heterocycles. The Hall–Kier alpha value is -3.12. The highest BCUT2D eigenvalue weighted by Crippen LogP contribution is 2.43. The van der Waals surface area contributed by atoms with E-state index in [2.05, 4.69) is 0 Å². The standard InChI is InChI=1S/C44H52Cl4O16S4/c1-5-57-9-13-61-41-29-17-31-23-38(66(46,51)52)25-33(42(31)62-14-10-58-6-2)19-35-27-40(68(48,55)56)28-36(44(35)64-16-12-60-8-4)20-34-26-39(67(47,53)54)24-32(43(34)63-15-11-59-7-3)18-30(41)22-37(21-29)65(45,49)50/h21-28H,5-20H2,1-4H3. The predicted octanol–water partition coefficient (Wildman–Crippen LogP) is 7.73. The Morgan fingerprint density at radius 3 is 0.618 bits per heavy atom. The van der Waals surface area contributed by atoms with Crippen molar-refractivity contribution in [2.24, 2.45) is 0 Å². The maximum atomic E-state index is 13.3. The molecule has 0 heterocycles. The smallest absolute Gasteiger partial charge is 0.261 e. The highest BCUT2D eigenvalue weighted by Gasteiger charge is 2.29. The Morgan fingerprint density at radius 2 is 0.485 bits per heavy atom. The van der Waals surface area contributed by atoms with E-state index < -0.39 is 36.2 Å². The van der Waals surface area contributed by atoms with Gasteiger partial charge >= 0.3 is 0 Å². The molecule has 16 nitrogen and oxygen atoms in total. The summed E-state index contributed by atoms with van der Waals surface area (Å²) in [6, 6.07) is 10.2. The molecule has 0 saturated carbocycles. The average Bonchev–Trinajstić information content (AvgIpc) is 3.24. The summed E-state index contributed by atoms with van der Waals surface area (Å²) in [5.74, 6) is 0.481. The van der Waals surface area contributed by atoms with Crippen LogP contribution in [0.4, 0.5) is 0 Å². The van der Waals surface area contributed by atoms with Crippen molar-refractivity contribution in [3.63, 3.8) is 0 Å². The number of rotatable bonds is 24. The summed E-state index contributed by atoms with van der Waals surface area (Å²) in [6.07, 6.45) is -1.14. The fourth-order valence-electron chi connectivity index (χ4n) is 7.45. The van der Waals surface area contributed by atoms with Crippen molar-refractivity contribution in [1.29, 1.82) is 0 Å². The fourth-order valence-corrected chi connectivity index (χ4v) is 10.8. The Morgan fingerprint density at radius 1 is 0.324 bits per heavy atom. The van der Waals surface area contributed by atoms with E-state index in [9.17, 15) is 33.7 Å². The number of hydrogen-bond acceptors (Lipinski definition) is 16. The zero-order valence-electron chi connectivity index (χ0n) is 37.6. The molecule has 0 unspecified atom stereocenters. The van der Waals surface area contributed by atoms with Crippen LogP contribution in [0.25, 0.3) is 0 Å². The van der Waals surface area contributed by atoms with Crippen molar-refractivity contribution in [1.82, 2.24) is 0 Å². The quantitative estimate of drug-likeness (QED) is 0.0427. The first-order valence-corrected chi connectivity index (χ1v) is 30.6. The summed E-state index contributed by atoms with van der Waals surface area (Å²) < 4.78 is 154. The molecule has 0 amide bonds. The number of fused-ring (bicyclic) bond motifs is 8. The van der Waals surface area contributed by atoms with Gasteiger partial charge in [0.05, 0.1) is 46.0 Å². The van der Waals surface area contributed by atoms with Gasteiger partial charge in [0.1, 0.15) is 49.4 Å². The van der Waals surface area contributed by atoms with Crippen molar-refractivity contribution >= 4 is 78.9 Å². The molecule has 0 spiro atoms. The molecule has 376 valence electrons. The molecule has 1 aliphatic carbocycles. The summed E-state index contributed by atoms with van der Waals surface area (Å²) in [4.78, 5) is -1.49. The summed E-state index contributed by atoms with van der Waals surface area (Å²) in [7, 11) is 6.27. The number of halogens is 4. The third kappa shape index (κ3) is 15.4. The van der Waals surface area contributed by atoms with Gasteiger partial charge in [0.2, 0.25) is 0 Å². The van der Waals surface area contributed by atoms with E-state index in [0.29, 0.717) is 26.4 Å². The molecule has 0 saturated heterocycles. The first kappa shape index (κ1) is 55.8. The van der Waals surface area contributed by atoms with Crippen LogP contribution in [0.15, 0.2) is 68.1 Å². The lowest BCUT2D eigenvalue weighted by molar-refractivity contribution is 0.108. The normalized spacial score (nSPS) is 13.3. The van der Waals surface area contributed by atoms with Gasteiger partial charge in [-0.1, -0.05) is 0 Å². The van der Waals surface area contributed by atoms with Gasteiger partial charge in [-0.3, -0.25) is 0 Å². The van der Waals surface area contributed by atoms with Gasteiger partial charge < -0.3 is 37.9 Å². The van der Waals surface area contributed by atoms with E-state index >= 15 is 0 Å². The van der Waals surface area contributed by atoms with Crippen LogP contribution < -0.4 is 18.9 Å². The fraction of sp³-hybridized carbons (Fsp3) is 0.455. The molecule has 0 aliphatic heterocycles. The van der Waals surface area contributed by atoms with Crippen molar-refractivity contribution in [2.45, 2.75) is 73.0 Å². The van der Waals surface area contributed by atoms with Crippen LogP contribution in [-0.4, -0.2) is 113 Å². The molecule has 0 N–H and O–H groups in total. The minimum Gasteiger partial charge on any atom is -0.491 e. The van der Waals surface area contributed by atoms with Gasteiger partial charge in [-0.05, 0) is 76.2 Å². The first-order valence-electron chi connectivity index (χ1n) is 21.3. The van der Waals surface area contributed by atoms with Gasteiger partial charge in [-0.25, -0.2) is 33.7 Å². The Bertz CT molecular complexity index is 2400. The minimum absolute atomic E-state index is 0.0501. The molecule has 0 atom stereocenters. The number of ether oxygens (including phenoxy) is 8. The summed E-state index contributed by atoms with van der Waals surface area (Å²) in [5.41, 5.74) is 1.39. The molecule has 0 radical (unpaired) electrons. The van der Waals surface area contributed by atoms with Gasteiger partial charge in [0.25, 0.3) is 36.2 Å². The van der Waals surface area contributed by atoms with E-state index in [1.165, 1.54) is 48.5 Å². The highest BCUT2D eigenvalue weighted by molar-refractivity contribution is 8.14. The third-order valence-corrected chi connectivity index (χ3v) is 15.6. The lowest BCUT2D eigenvalue weighted by atomic mass is 9.91. The maximum absolute atomic E-state index is 13.3. The molecular weight excluding hydrogens is 1050 g/mol. The largest absolute Gasteiger partial charge is 0.491 e. The van der Waals surface area contributed by atoms with Gasteiger partial charge in [0.15, 0.2) is 0 Å². The SMILES string of the molecule is CCOCCOc1c2cc(S(=O)(=O)Cl)cc1Cc1cc(S(=O)(=O)Cl)cc(c1OCCOCC)Cc1cc(S(=O)(=O)Cl)cc(c1OCCOCC)Cc1cc(S(=O)(=O)Cl)cc(c1OCCOCC)C2. The van der Waals surface area contributed by atoms with Gasteiger partial charge in [0, 0.05) is 139 Å². The topological polar surface area (TPSA) is 210 Å². The van der Waals surface area contributed by atoms with Crippen molar-refractivity contribution < 1.29 is 71.6 Å². The molecule has 1 aliphatic rings. The number of hydrogen-bond donors (Lipinski definition) is 0. The predicted molar refractivity (Wildman–Crippen MR) is 257 cm³/mol. The van der Waals surface area contributed by atoms with Crippen LogP contribution in [0.1, 0.15) is 72.2 Å². The van der Waals surface area contributed by atoms with Crippen LogP contribution >= 0.6 is 42.7 Å². The molecule has 5 rings (SSSR count). The summed E-state index contributed by atoms with van der Waals surface area (Å²) in [6.45, 7) is 8.76. The van der Waals surface area contributed by atoms with Gasteiger partial charge in [-0.15, -0.1) is 0 Å². The van der Waals surface area contributed by atoms with Crippen LogP contribution in [0.5, 0.6) is 23.0 Å². The molecular formula is C44H52Cl4O16S4. The second-order valence-electron chi connectivity index (χ2n) is 14.9. The van der Waals surface area contributed by atoms with E-state index in [-0.39, 0.29) is 166 Å². The monoisotopic (exact) mass is 1100 g/mol. The summed E-state index contributed by atoms with van der Waals surface area (Å²) >= 11 is 0. The summed E-state index contributed by atoms with van der Waals surface area (Å²) in [5, 5.41) is 0. The van der Waals surface area contributed by atoms with E-state index in [0.717, 1.165) is 0 Å². The molecule has 4 aromatic carbocycles. The van der Waals surface area contributed by atoms with Crippen molar-refractivity contribution in [3.05, 3.63) is 93.0 Å². The van der Waals surface area contributed by atoms with E-state index in [1.54, 1.807) is 27.7 Å². The second-order valence-corrected chi connectivity index (χ2v) is 25.2. The molecule has 4 aromatic rings. The molecule has 8 bridgehead atoms. The van der Waals surface area contributed by atoms with Crippen molar-refractivity contribution in [2.75, 3.05) is 79.3 Å². The van der Waals surface area contributed by atoms with Crippen LogP contribution in [0, 0.1) is 0 Å². The second kappa shape index (κ2) is 24.8. The van der Waals surface area contributed by atoms with Crippen LogP contribution in [-0.2, 0) is 80.8 Å². The highest BCUT2D eigenvalue weighted by atomic mass is 35.7.